The van der Waals surface area contributed by atoms with Crippen molar-refractivity contribution in [2.24, 2.45) is 4.99 Å². The Morgan fingerprint density at radius 2 is 1.31 bits per heavy atom. The van der Waals surface area contributed by atoms with Crippen LogP contribution in [0.5, 0.6) is 0 Å². The number of benzene rings is 4. The van der Waals surface area contributed by atoms with E-state index >= 15 is 0 Å². The number of aliphatic imine (C=N–C) groups is 1. The third-order valence-electron chi connectivity index (χ3n) is 7.98. The Morgan fingerprint density at radius 1 is 0.769 bits per heavy atom. The molecule has 192 valence electrons. The van der Waals surface area contributed by atoms with Crippen LogP contribution in [0, 0.1) is 0 Å². The number of carbonyl (C=O) groups excluding carboxylic acids is 1. The van der Waals surface area contributed by atoms with Gasteiger partial charge in [-0.2, -0.15) is 0 Å². The summed E-state index contributed by atoms with van der Waals surface area (Å²) < 4.78 is 0. The Kier molecular flexibility index (Phi) is 6.29. The van der Waals surface area contributed by atoms with Gasteiger partial charge in [0.15, 0.2) is 5.17 Å². The molecule has 3 aliphatic heterocycles. The number of anilines is 1. The highest BCUT2D eigenvalue weighted by Crippen LogP contribution is 2.50. The Morgan fingerprint density at radius 3 is 1.87 bits per heavy atom. The van der Waals surface area contributed by atoms with Crippen molar-refractivity contribution in [3.05, 3.63) is 136 Å². The van der Waals surface area contributed by atoms with Gasteiger partial charge in [0.2, 0.25) is 0 Å². The average molecular weight is 528 g/mol. The molecule has 0 spiro atoms. The number of hydrogen-bond acceptors (Lipinski definition) is 4. The molecule has 5 heteroatoms. The van der Waals surface area contributed by atoms with E-state index in [1.807, 2.05) is 36.4 Å². The van der Waals surface area contributed by atoms with Gasteiger partial charge in [-0.3, -0.25) is 4.79 Å². The maximum absolute atomic E-state index is 12.8. The second-order valence-electron chi connectivity index (χ2n) is 10.4. The summed E-state index contributed by atoms with van der Waals surface area (Å²) in [5.41, 5.74) is 8.68. The van der Waals surface area contributed by atoms with E-state index in [4.69, 9.17) is 4.99 Å². The molecule has 4 aromatic rings. The van der Waals surface area contributed by atoms with Gasteiger partial charge >= 0.3 is 0 Å². The summed E-state index contributed by atoms with van der Waals surface area (Å²) in [6, 6.07) is 36.2. The number of thioether (sulfide) groups is 1. The van der Waals surface area contributed by atoms with Crippen LogP contribution in [-0.4, -0.2) is 24.2 Å². The highest BCUT2D eigenvalue weighted by atomic mass is 32.2. The van der Waals surface area contributed by atoms with Gasteiger partial charge in [-0.25, -0.2) is 4.99 Å². The minimum atomic E-state index is -0.0996. The van der Waals surface area contributed by atoms with Crippen molar-refractivity contribution in [2.45, 2.75) is 24.7 Å². The minimum Gasteiger partial charge on any atom is -0.371 e. The first kappa shape index (κ1) is 24.0. The molecule has 0 aromatic heterocycles. The van der Waals surface area contributed by atoms with Crippen LogP contribution in [0.3, 0.4) is 0 Å². The molecule has 2 atom stereocenters. The fourth-order valence-corrected chi connectivity index (χ4v) is 7.04. The Balaban J connectivity index is 1.33. The highest BCUT2D eigenvalue weighted by molar-refractivity contribution is 8.18. The molecule has 0 unspecified atom stereocenters. The smallest absolute Gasteiger partial charge is 0.264 e. The van der Waals surface area contributed by atoms with Gasteiger partial charge in [-0.1, -0.05) is 91.0 Å². The van der Waals surface area contributed by atoms with Crippen molar-refractivity contribution >= 4 is 40.3 Å². The molecule has 0 aliphatic carbocycles. The summed E-state index contributed by atoms with van der Waals surface area (Å²) in [6.45, 7) is 2.13. The lowest BCUT2D eigenvalue weighted by molar-refractivity contribution is -0.115. The summed E-state index contributed by atoms with van der Waals surface area (Å²) >= 11 is 1.41. The van der Waals surface area contributed by atoms with Crippen LogP contribution in [0.15, 0.2) is 113 Å². The molecule has 0 saturated carbocycles. The Hall–Kier alpha value is -4.09. The zero-order valence-corrected chi connectivity index (χ0v) is 22.4. The summed E-state index contributed by atoms with van der Waals surface area (Å²) in [5, 5.41) is 3.62. The molecule has 3 heterocycles. The second-order valence-corrected chi connectivity index (χ2v) is 11.4. The standard InChI is InChI=1S/C34H29N3OS/c38-33-31(20-23-10-4-1-5-11-23)39-34(36-33)35-26-21-29-27(24-12-6-2-7-13-24)16-18-37-19-17-28(30(22-26)32(29)37)25-14-8-3-9-15-25/h1-15,20-22,27-28H,16-19H2,(H,35,36,38)/b31-20-/t27-,28+. The van der Waals surface area contributed by atoms with Crippen LogP contribution in [-0.2, 0) is 4.79 Å². The van der Waals surface area contributed by atoms with E-state index in [-0.39, 0.29) is 5.91 Å². The van der Waals surface area contributed by atoms with E-state index < -0.39 is 0 Å². The molecule has 1 saturated heterocycles. The van der Waals surface area contributed by atoms with Crippen LogP contribution >= 0.6 is 11.8 Å². The van der Waals surface area contributed by atoms with Gasteiger partial charge in [0, 0.05) is 30.6 Å². The van der Waals surface area contributed by atoms with Crippen LogP contribution in [0.2, 0.25) is 0 Å². The minimum absolute atomic E-state index is 0.0996. The third kappa shape index (κ3) is 4.68. The van der Waals surface area contributed by atoms with E-state index in [2.05, 4.69) is 83.0 Å². The molecule has 0 bridgehead atoms. The topological polar surface area (TPSA) is 44.7 Å². The summed E-state index contributed by atoms with van der Waals surface area (Å²) in [6.07, 6.45) is 4.09. The molecule has 4 aromatic carbocycles. The molecule has 1 fully saturated rings. The van der Waals surface area contributed by atoms with Gasteiger partial charge in [0.05, 0.1) is 10.6 Å². The zero-order chi connectivity index (χ0) is 26.2. The van der Waals surface area contributed by atoms with Crippen LogP contribution in [0.4, 0.5) is 11.4 Å². The molecule has 1 N–H and O–H groups in total. The number of nitrogens with zero attached hydrogens (tertiary/aromatic N) is 2. The van der Waals surface area contributed by atoms with E-state index in [0.717, 1.165) is 37.2 Å². The number of rotatable bonds is 4. The van der Waals surface area contributed by atoms with Crippen molar-refractivity contribution in [1.29, 1.82) is 0 Å². The fourth-order valence-electron chi connectivity index (χ4n) is 6.20. The zero-order valence-electron chi connectivity index (χ0n) is 21.6. The van der Waals surface area contributed by atoms with Crippen molar-refractivity contribution in [2.75, 3.05) is 18.0 Å². The molecule has 0 radical (unpaired) electrons. The number of hydrogen-bond donors (Lipinski definition) is 1. The Bertz CT molecular complexity index is 1510. The van der Waals surface area contributed by atoms with E-state index in [1.165, 1.54) is 39.7 Å². The number of amides is 1. The molecule has 7 rings (SSSR count). The predicted molar refractivity (Wildman–Crippen MR) is 162 cm³/mol. The predicted octanol–water partition coefficient (Wildman–Crippen LogP) is 7.46. The van der Waals surface area contributed by atoms with Gasteiger partial charge in [0.1, 0.15) is 0 Å². The maximum atomic E-state index is 12.8. The van der Waals surface area contributed by atoms with E-state index in [0.29, 0.717) is 21.9 Å². The van der Waals surface area contributed by atoms with Crippen molar-refractivity contribution < 1.29 is 4.79 Å². The molecule has 1 amide bonds. The quantitative estimate of drug-likeness (QED) is 0.280. The van der Waals surface area contributed by atoms with Crippen molar-refractivity contribution in [3.63, 3.8) is 0 Å². The van der Waals surface area contributed by atoms with Crippen molar-refractivity contribution in [3.8, 4) is 0 Å². The first-order chi connectivity index (χ1) is 19.2. The third-order valence-corrected chi connectivity index (χ3v) is 8.89. The first-order valence-electron chi connectivity index (χ1n) is 13.6. The van der Waals surface area contributed by atoms with Crippen molar-refractivity contribution in [1.82, 2.24) is 5.32 Å². The molecular weight excluding hydrogens is 498 g/mol. The Labute approximate surface area is 233 Å². The second kappa shape index (κ2) is 10.2. The first-order valence-corrected chi connectivity index (χ1v) is 14.4. The lowest BCUT2D eigenvalue weighted by atomic mass is 9.76. The van der Waals surface area contributed by atoms with E-state index in [1.54, 1.807) is 0 Å². The molecule has 4 nitrogen and oxygen atoms in total. The van der Waals surface area contributed by atoms with Gasteiger partial charge in [-0.05, 0) is 70.6 Å². The molecule has 3 aliphatic rings. The number of carbonyl (C=O) groups is 1. The summed E-state index contributed by atoms with van der Waals surface area (Å²) in [4.78, 5) is 21.0. The number of nitrogens with one attached hydrogen (secondary N) is 1. The highest BCUT2D eigenvalue weighted by Gasteiger charge is 2.35. The lowest BCUT2D eigenvalue weighted by Gasteiger charge is -2.43. The molecule has 39 heavy (non-hydrogen) atoms. The van der Waals surface area contributed by atoms with Gasteiger partial charge < -0.3 is 10.2 Å². The average Bonchev–Trinajstić information content (AvgIpc) is 3.32. The maximum Gasteiger partial charge on any atom is 0.264 e. The largest absolute Gasteiger partial charge is 0.371 e. The normalized spacial score (nSPS) is 22.2. The molecular formula is C34H29N3OS. The SMILES string of the molecule is O=C1NC(=Nc2cc3c4c(c2)[C@H](c2ccccc2)CCN4CC[C@@H]3c2ccccc2)S/C1=C\c1ccccc1. The summed E-state index contributed by atoms with van der Waals surface area (Å²) in [5.74, 6) is 0.549. The van der Waals surface area contributed by atoms with E-state index in [9.17, 15) is 4.79 Å². The fraction of sp³-hybridized carbons (Fsp3) is 0.176. The van der Waals surface area contributed by atoms with Crippen LogP contribution in [0.1, 0.15) is 52.5 Å². The number of amidine groups is 1. The van der Waals surface area contributed by atoms with Gasteiger partial charge in [0.25, 0.3) is 5.91 Å². The monoisotopic (exact) mass is 527 g/mol. The van der Waals surface area contributed by atoms with Crippen LogP contribution < -0.4 is 10.2 Å². The van der Waals surface area contributed by atoms with Crippen LogP contribution in [0.25, 0.3) is 6.08 Å². The lowest BCUT2D eigenvalue weighted by Crippen LogP contribution is -2.37. The summed E-state index contributed by atoms with van der Waals surface area (Å²) in [7, 11) is 0. The van der Waals surface area contributed by atoms with Gasteiger partial charge in [-0.15, -0.1) is 0 Å².